The van der Waals surface area contributed by atoms with Crippen LogP contribution in [0.4, 0.5) is 8.78 Å². The number of halogens is 3. The molecule has 0 aliphatic carbocycles. The first kappa shape index (κ1) is 14.7. The van der Waals surface area contributed by atoms with Gasteiger partial charge >= 0.3 is 0 Å². The molecule has 4 nitrogen and oxygen atoms in total. The molecule has 1 saturated heterocycles. The van der Waals surface area contributed by atoms with Gasteiger partial charge in [0.05, 0.1) is 23.2 Å². The number of carbonyl (C=O) groups excluding carboxylic acids is 1. The highest BCUT2D eigenvalue weighted by molar-refractivity contribution is 6.30. The molecule has 0 aromatic heterocycles. The lowest BCUT2D eigenvalue weighted by atomic mass is 10.1. The Bertz CT molecular complexity index is 565. The Balaban J connectivity index is 2.10. The first-order valence-electron chi connectivity index (χ1n) is 6.06. The van der Waals surface area contributed by atoms with Gasteiger partial charge < -0.3 is 4.90 Å². The van der Waals surface area contributed by atoms with E-state index in [9.17, 15) is 13.6 Å². The summed E-state index contributed by atoms with van der Waals surface area (Å²) in [5.41, 5.74) is -0.319. The maximum atomic E-state index is 13.7. The zero-order chi connectivity index (χ0) is 14.7. The fraction of sp³-hybridized carbons (Fsp3) is 0.385. The SMILES string of the molecule is N#CCN1CCN(C(=O)c2cc(F)c(Cl)cc2F)CC1. The number of amides is 1. The van der Waals surface area contributed by atoms with Crippen molar-refractivity contribution in [3.63, 3.8) is 0 Å². The molecule has 1 amide bonds. The van der Waals surface area contributed by atoms with Crippen LogP contribution in [0, 0.1) is 23.0 Å². The second-order valence-corrected chi connectivity index (χ2v) is 4.88. The molecule has 106 valence electrons. The van der Waals surface area contributed by atoms with Gasteiger partial charge in [0.15, 0.2) is 0 Å². The first-order valence-corrected chi connectivity index (χ1v) is 6.44. The molecule has 0 atom stereocenters. The van der Waals surface area contributed by atoms with E-state index >= 15 is 0 Å². The minimum Gasteiger partial charge on any atom is -0.336 e. The normalized spacial score (nSPS) is 16.0. The van der Waals surface area contributed by atoms with E-state index in [2.05, 4.69) is 0 Å². The van der Waals surface area contributed by atoms with Gasteiger partial charge in [-0.3, -0.25) is 9.69 Å². The minimum absolute atomic E-state index is 0.298. The van der Waals surface area contributed by atoms with Gasteiger partial charge in [-0.25, -0.2) is 8.78 Å². The van der Waals surface area contributed by atoms with Crippen LogP contribution in [0.25, 0.3) is 0 Å². The predicted octanol–water partition coefficient (Wildman–Crippen LogP) is 1.90. The molecule has 1 fully saturated rings. The van der Waals surface area contributed by atoms with E-state index in [1.54, 1.807) is 0 Å². The third kappa shape index (κ3) is 3.06. The molecular weight excluding hydrogens is 288 g/mol. The summed E-state index contributed by atoms with van der Waals surface area (Å²) in [7, 11) is 0. The van der Waals surface area contributed by atoms with E-state index in [0.717, 1.165) is 12.1 Å². The van der Waals surface area contributed by atoms with Crippen LogP contribution in [0.2, 0.25) is 5.02 Å². The van der Waals surface area contributed by atoms with Crippen molar-refractivity contribution in [2.24, 2.45) is 0 Å². The number of hydrogen-bond acceptors (Lipinski definition) is 3. The lowest BCUT2D eigenvalue weighted by molar-refractivity contribution is 0.0646. The summed E-state index contributed by atoms with van der Waals surface area (Å²) in [6.45, 7) is 2.13. The van der Waals surface area contributed by atoms with Crippen LogP contribution in [-0.4, -0.2) is 48.4 Å². The maximum absolute atomic E-state index is 13.7. The molecule has 0 unspecified atom stereocenters. The minimum atomic E-state index is -0.833. The van der Waals surface area contributed by atoms with Gasteiger partial charge in [-0.2, -0.15) is 5.26 Å². The van der Waals surface area contributed by atoms with Gasteiger partial charge in [0.25, 0.3) is 5.91 Å². The molecule has 20 heavy (non-hydrogen) atoms. The average molecular weight is 300 g/mol. The Labute approximate surface area is 120 Å². The van der Waals surface area contributed by atoms with Crippen LogP contribution in [-0.2, 0) is 0 Å². The van der Waals surface area contributed by atoms with E-state index in [-0.39, 0.29) is 10.6 Å². The Kier molecular flexibility index (Phi) is 4.53. The fourth-order valence-electron chi connectivity index (χ4n) is 2.07. The summed E-state index contributed by atoms with van der Waals surface area (Å²) in [6, 6.07) is 3.66. The molecule has 1 aliphatic rings. The van der Waals surface area contributed by atoms with E-state index < -0.39 is 17.5 Å². The second-order valence-electron chi connectivity index (χ2n) is 4.47. The third-order valence-corrected chi connectivity index (χ3v) is 3.48. The number of carbonyl (C=O) groups is 1. The molecule has 1 aromatic carbocycles. The summed E-state index contributed by atoms with van der Waals surface area (Å²) in [6.07, 6.45) is 0. The number of benzene rings is 1. The van der Waals surface area contributed by atoms with Crippen LogP contribution in [0.15, 0.2) is 12.1 Å². The third-order valence-electron chi connectivity index (χ3n) is 3.19. The number of piperazine rings is 1. The van der Waals surface area contributed by atoms with Crippen LogP contribution < -0.4 is 0 Å². The molecule has 2 rings (SSSR count). The smallest absolute Gasteiger partial charge is 0.257 e. The van der Waals surface area contributed by atoms with E-state index in [0.29, 0.717) is 32.7 Å². The molecule has 0 bridgehead atoms. The molecule has 0 radical (unpaired) electrons. The van der Waals surface area contributed by atoms with Crippen LogP contribution in [0.1, 0.15) is 10.4 Å². The van der Waals surface area contributed by atoms with Crippen LogP contribution in [0.5, 0.6) is 0 Å². The molecule has 0 N–H and O–H groups in total. The van der Waals surface area contributed by atoms with E-state index in [1.165, 1.54) is 4.90 Å². The van der Waals surface area contributed by atoms with E-state index in [4.69, 9.17) is 16.9 Å². The van der Waals surface area contributed by atoms with Crippen molar-refractivity contribution in [2.75, 3.05) is 32.7 Å². The van der Waals surface area contributed by atoms with Gasteiger partial charge in [-0.05, 0) is 12.1 Å². The molecule has 1 aliphatic heterocycles. The van der Waals surface area contributed by atoms with Crippen molar-refractivity contribution >= 4 is 17.5 Å². The molecule has 1 aromatic rings. The van der Waals surface area contributed by atoms with Crippen molar-refractivity contribution < 1.29 is 13.6 Å². The van der Waals surface area contributed by atoms with Crippen molar-refractivity contribution in [1.29, 1.82) is 5.26 Å². The standard InChI is InChI=1S/C13H12ClF2N3O/c14-10-8-11(15)9(7-12(10)16)13(20)19-5-3-18(2-1-17)4-6-19/h7-8H,2-6H2. The van der Waals surface area contributed by atoms with Crippen molar-refractivity contribution in [2.45, 2.75) is 0 Å². The topological polar surface area (TPSA) is 47.3 Å². The monoisotopic (exact) mass is 299 g/mol. The van der Waals surface area contributed by atoms with Gasteiger partial charge in [-0.1, -0.05) is 11.6 Å². The second kappa shape index (κ2) is 6.16. The molecule has 1 heterocycles. The number of nitriles is 1. The molecule has 7 heteroatoms. The average Bonchev–Trinajstić information content (AvgIpc) is 2.43. The zero-order valence-corrected chi connectivity index (χ0v) is 11.3. The van der Waals surface area contributed by atoms with Gasteiger partial charge in [0.1, 0.15) is 11.6 Å². The largest absolute Gasteiger partial charge is 0.336 e. The van der Waals surface area contributed by atoms with Crippen LogP contribution in [0.3, 0.4) is 0 Å². The summed E-state index contributed by atoms with van der Waals surface area (Å²) in [5.74, 6) is -2.21. The van der Waals surface area contributed by atoms with Crippen molar-refractivity contribution in [3.05, 3.63) is 34.4 Å². The first-order chi connectivity index (χ1) is 9.52. The number of rotatable bonds is 2. The Hall–Kier alpha value is -1.71. The summed E-state index contributed by atoms with van der Waals surface area (Å²) in [4.78, 5) is 15.5. The highest BCUT2D eigenvalue weighted by Gasteiger charge is 2.24. The maximum Gasteiger partial charge on any atom is 0.257 e. The number of nitrogens with zero attached hydrogens (tertiary/aromatic N) is 3. The molecule has 0 saturated carbocycles. The Morgan fingerprint density at radius 3 is 2.50 bits per heavy atom. The van der Waals surface area contributed by atoms with Crippen LogP contribution >= 0.6 is 11.6 Å². The quantitative estimate of drug-likeness (QED) is 0.619. The summed E-state index contributed by atoms with van der Waals surface area (Å²) < 4.78 is 27.0. The summed E-state index contributed by atoms with van der Waals surface area (Å²) >= 11 is 5.45. The predicted molar refractivity (Wildman–Crippen MR) is 69.3 cm³/mol. The van der Waals surface area contributed by atoms with Gasteiger partial charge in [-0.15, -0.1) is 0 Å². The zero-order valence-electron chi connectivity index (χ0n) is 10.6. The van der Waals surface area contributed by atoms with Crippen molar-refractivity contribution in [3.8, 4) is 6.07 Å². The Morgan fingerprint density at radius 2 is 1.90 bits per heavy atom. The molecule has 0 spiro atoms. The lowest BCUT2D eigenvalue weighted by Gasteiger charge is -2.33. The van der Waals surface area contributed by atoms with Crippen molar-refractivity contribution in [1.82, 2.24) is 9.80 Å². The van der Waals surface area contributed by atoms with E-state index in [1.807, 2.05) is 11.0 Å². The Morgan fingerprint density at radius 1 is 1.25 bits per heavy atom. The fourth-order valence-corrected chi connectivity index (χ4v) is 2.22. The van der Waals surface area contributed by atoms with Gasteiger partial charge in [0, 0.05) is 26.2 Å². The molecular formula is C13H12ClF2N3O. The van der Waals surface area contributed by atoms with Gasteiger partial charge in [0.2, 0.25) is 0 Å². The highest BCUT2D eigenvalue weighted by Crippen LogP contribution is 2.21. The summed E-state index contributed by atoms with van der Waals surface area (Å²) in [5, 5.41) is 8.24. The lowest BCUT2D eigenvalue weighted by Crippen LogP contribution is -2.48. The highest BCUT2D eigenvalue weighted by atomic mass is 35.5. The number of hydrogen-bond donors (Lipinski definition) is 0.